The number of nitrogens with one attached hydrogen (secondary N) is 2. The van der Waals surface area contributed by atoms with Crippen LogP contribution in [0.4, 0.5) is 10.5 Å². The number of nitrogens with zero attached hydrogens (tertiary/aromatic N) is 1. The van der Waals surface area contributed by atoms with Crippen LogP contribution in [0.5, 0.6) is 0 Å². The Kier molecular flexibility index (Phi) is 11.4. The lowest BCUT2D eigenvalue weighted by molar-refractivity contribution is -0.142. The molecule has 0 aliphatic carbocycles. The molecule has 39 heavy (non-hydrogen) atoms. The van der Waals surface area contributed by atoms with Crippen molar-refractivity contribution in [1.82, 2.24) is 10.2 Å². The lowest BCUT2D eigenvalue weighted by atomic mass is 9.93. The molecule has 3 amide bonds. The van der Waals surface area contributed by atoms with Crippen LogP contribution in [0.1, 0.15) is 69.3 Å². The van der Waals surface area contributed by atoms with Crippen LogP contribution in [-0.2, 0) is 14.3 Å². The summed E-state index contributed by atoms with van der Waals surface area (Å²) in [7, 11) is 0. The number of hydrogen-bond acceptors (Lipinski definition) is 5. The molecule has 2 aromatic rings. The van der Waals surface area contributed by atoms with Gasteiger partial charge in [-0.25, -0.2) is 4.79 Å². The minimum Gasteiger partial charge on any atom is -0.444 e. The van der Waals surface area contributed by atoms with Gasteiger partial charge in [0.2, 0.25) is 5.91 Å². The Labute approximate surface area is 237 Å². The first-order chi connectivity index (χ1) is 18.2. The van der Waals surface area contributed by atoms with E-state index in [0.717, 1.165) is 16.7 Å². The highest BCUT2D eigenvalue weighted by Gasteiger charge is 2.38. The van der Waals surface area contributed by atoms with Gasteiger partial charge >= 0.3 is 6.09 Å². The topological polar surface area (TPSA) is 108 Å². The average Bonchev–Trinajstić information content (AvgIpc) is 2.84. The zero-order valence-electron chi connectivity index (χ0n) is 24.2. The first-order valence-corrected chi connectivity index (χ1v) is 13.6. The molecular formula is C30H42ClN3O5. The lowest BCUT2D eigenvalue weighted by Crippen LogP contribution is -2.55. The van der Waals surface area contributed by atoms with Crippen LogP contribution >= 0.6 is 11.6 Å². The van der Waals surface area contributed by atoms with Gasteiger partial charge in [-0.3, -0.25) is 9.59 Å². The number of para-hydroxylation sites is 1. The van der Waals surface area contributed by atoms with E-state index in [-0.39, 0.29) is 19.1 Å². The fraction of sp³-hybridized carbons (Fsp3) is 0.500. The molecule has 8 nitrogen and oxygen atoms in total. The molecule has 9 heteroatoms. The number of carbonyl (C=O) groups excluding carboxylic acids is 3. The lowest BCUT2D eigenvalue weighted by Gasteiger charge is -2.36. The van der Waals surface area contributed by atoms with E-state index in [2.05, 4.69) is 10.6 Å². The van der Waals surface area contributed by atoms with E-state index in [1.165, 1.54) is 4.90 Å². The maximum atomic E-state index is 14.2. The van der Waals surface area contributed by atoms with Gasteiger partial charge < -0.3 is 25.4 Å². The van der Waals surface area contributed by atoms with Gasteiger partial charge in [0.25, 0.3) is 5.91 Å². The largest absolute Gasteiger partial charge is 0.444 e. The fourth-order valence-electron chi connectivity index (χ4n) is 4.26. The Bertz CT molecular complexity index is 1160. The Balaban J connectivity index is 2.62. The molecule has 2 rings (SSSR count). The summed E-state index contributed by atoms with van der Waals surface area (Å²) in [5, 5.41) is 16.0. The Morgan fingerprint density at radius 2 is 1.74 bits per heavy atom. The predicted molar refractivity (Wildman–Crippen MR) is 155 cm³/mol. The van der Waals surface area contributed by atoms with Crippen molar-refractivity contribution < 1.29 is 24.2 Å². The summed E-state index contributed by atoms with van der Waals surface area (Å²) in [5.74, 6) is -1.26. The first-order valence-electron chi connectivity index (χ1n) is 13.2. The molecule has 3 atom stereocenters. The molecule has 0 aliphatic rings. The highest BCUT2D eigenvalue weighted by Crippen LogP contribution is 2.31. The van der Waals surface area contributed by atoms with E-state index < -0.39 is 35.6 Å². The average molecular weight is 560 g/mol. The summed E-state index contributed by atoms with van der Waals surface area (Å²) in [5.41, 5.74) is 2.77. The van der Waals surface area contributed by atoms with Crippen molar-refractivity contribution in [2.75, 3.05) is 18.5 Å². The second-order valence-electron chi connectivity index (χ2n) is 10.9. The number of amides is 3. The maximum Gasteiger partial charge on any atom is 0.408 e. The second kappa shape index (κ2) is 13.8. The van der Waals surface area contributed by atoms with Crippen molar-refractivity contribution in [1.29, 1.82) is 0 Å². The van der Waals surface area contributed by atoms with E-state index in [1.807, 2.05) is 58.9 Å². The minimum atomic E-state index is -1.10. The molecular weight excluding hydrogens is 518 g/mol. The molecule has 0 aliphatic heterocycles. The van der Waals surface area contributed by atoms with Crippen LogP contribution in [0.25, 0.3) is 0 Å². The van der Waals surface area contributed by atoms with E-state index in [9.17, 15) is 19.5 Å². The first kappa shape index (κ1) is 32.1. The number of aliphatic hydroxyl groups excluding tert-OH is 1. The molecule has 0 radical (unpaired) electrons. The predicted octanol–water partition coefficient (Wildman–Crippen LogP) is 5.71. The standard InChI is InChI=1S/C30H42ClN3O5/c1-9-19(3)25(33-29(38)39-30(6,7)8)28(37)34(15-16-35)26(22-17-18(2)13-14-20(22)4)27(36)32-24-21(5)11-10-12-23(24)31/h10-14,17,19,25-26,35H,9,15-16H2,1-8H3,(H,32,36)(H,33,38). The van der Waals surface area contributed by atoms with E-state index in [0.29, 0.717) is 22.7 Å². The number of benzene rings is 2. The Morgan fingerprint density at radius 3 is 2.31 bits per heavy atom. The number of halogens is 1. The van der Waals surface area contributed by atoms with Crippen molar-refractivity contribution in [3.63, 3.8) is 0 Å². The Morgan fingerprint density at radius 1 is 1.08 bits per heavy atom. The molecule has 0 fully saturated rings. The molecule has 0 spiro atoms. The van der Waals surface area contributed by atoms with Crippen molar-refractivity contribution in [3.05, 3.63) is 63.7 Å². The highest BCUT2D eigenvalue weighted by molar-refractivity contribution is 6.34. The number of carbonyl (C=O) groups is 3. The van der Waals surface area contributed by atoms with Crippen LogP contribution < -0.4 is 10.6 Å². The normalized spacial score (nSPS) is 13.7. The van der Waals surface area contributed by atoms with Gasteiger partial charge in [0.05, 0.1) is 17.3 Å². The summed E-state index contributed by atoms with van der Waals surface area (Å²) in [6.07, 6.45) is -0.150. The fourth-order valence-corrected chi connectivity index (χ4v) is 4.53. The Hall–Kier alpha value is -3.10. The molecule has 214 valence electrons. The van der Waals surface area contributed by atoms with Crippen LogP contribution in [-0.4, -0.2) is 52.7 Å². The number of aliphatic hydroxyl groups is 1. The molecule has 2 aromatic carbocycles. The number of aryl methyl sites for hydroxylation is 3. The summed E-state index contributed by atoms with van der Waals surface area (Å²) in [6, 6.07) is 8.87. The van der Waals surface area contributed by atoms with Gasteiger partial charge in [0.15, 0.2) is 0 Å². The minimum absolute atomic E-state index is 0.130. The van der Waals surface area contributed by atoms with Gasteiger partial charge in [-0.15, -0.1) is 0 Å². The van der Waals surface area contributed by atoms with Crippen LogP contribution in [0.15, 0.2) is 36.4 Å². The monoisotopic (exact) mass is 559 g/mol. The molecule has 0 saturated carbocycles. The molecule has 0 heterocycles. The van der Waals surface area contributed by atoms with Crippen molar-refractivity contribution >= 4 is 35.2 Å². The van der Waals surface area contributed by atoms with Crippen molar-refractivity contribution in [2.45, 2.75) is 79.5 Å². The number of ether oxygens (including phenoxy) is 1. The van der Waals surface area contributed by atoms with E-state index in [1.54, 1.807) is 32.9 Å². The SMILES string of the molecule is CCC(C)C(NC(=O)OC(C)(C)C)C(=O)N(CCO)C(C(=O)Nc1c(C)cccc1Cl)c1cc(C)ccc1C. The quantitative estimate of drug-likeness (QED) is 0.346. The highest BCUT2D eigenvalue weighted by atomic mass is 35.5. The summed E-state index contributed by atoms with van der Waals surface area (Å²) >= 11 is 6.41. The van der Waals surface area contributed by atoms with Crippen LogP contribution in [0, 0.1) is 26.7 Å². The van der Waals surface area contributed by atoms with Gasteiger partial charge in [-0.2, -0.15) is 0 Å². The summed E-state index contributed by atoms with van der Waals surface area (Å²) in [4.78, 5) is 42.2. The summed E-state index contributed by atoms with van der Waals surface area (Å²) in [6.45, 7) is 14.1. The molecule has 0 bridgehead atoms. The van der Waals surface area contributed by atoms with Gasteiger partial charge in [-0.1, -0.05) is 67.8 Å². The summed E-state index contributed by atoms with van der Waals surface area (Å²) < 4.78 is 5.42. The molecule has 0 saturated heterocycles. The number of alkyl carbamates (subject to hydrolysis) is 1. The van der Waals surface area contributed by atoms with Crippen LogP contribution in [0.3, 0.4) is 0 Å². The van der Waals surface area contributed by atoms with Crippen molar-refractivity contribution in [3.8, 4) is 0 Å². The van der Waals surface area contributed by atoms with Gasteiger partial charge in [-0.05, 0) is 70.2 Å². The number of rotatable bonds is 10. The van der Waals surface area contributed by atoms with E-state index >= 15 is 0 Å². The molecule has 3 N–H and O–H groups in total. The van der Waals surface area contributed by atoms with Crippen molar-refractivity contribution in [2.24, 2.45) is 5.92 Å². The number of anilines is 1. The maximum absolute atomic E-state index is 14.2. The molecule has 0 aromatic heterocycles. The zero-order valence-corrected chi connectivity index (χ0v) is 25.0. The third-order valence-electron chi connectivity index (χ3n) is 6.53. The third-order valence-corrected chi connectivity index (χ3v) is 6.85. The third kappa shape index (κ3) is 8.70. The van der Waals surface area contributed by atoms with E-state index in [4.69, 9.17) is 16.3 Å². The van der Waals surface area contributed by atoms with Gasteiger partial charge in [0.1, 0.15) is 17.7 Å². The smallest absolute Gasteiger partial charge is 0.408 e. The van der Waals surface area contributed by atoms with Gasteiger partial charge in [0, 0.05) is 6.54 Å². The van der Waals surface area contributed by atoms with Crippen LogP contribution in [0.2, 0.25) is 5.02 Å². The second-order valence-corrected chi connectivity index (χ2v) is 11.4. The molecule has 3 unspecified atom stereocenters. The zero-order chi connectivity index (χ0) is 29.5. The number of hydrogen-bond donors (Lipinski definition) is 3.